The minimum Gasteiger partial charge on any atom is -0.356 e. The molecule has 0 amide bonds. The molecular formula is C21H26FN5. The van der Waals surface area contributed by atoms with Gasteiger partial charge in [-0.15, -0.1) is 0 Å². The summed E-state index contributed by atoms with van der Waals surface area (Å²) in [5.74, 6) is 1.60. The number of halogens is 1. The summed E-state index contributed by atoms with van der Waals surface area (Å²) < 4.78 is 15.6. The van der Waals surface area contributed by atoms with Gasteiger partial charge in [-0.05, 0) is 49.6 Å². The van der Waals surface area contributed by atoms with Gasteiger partial charge in [0.25, 0.3) is 0 Å². The maximum atomic E-state index is 13.3. The van der Waals surface area contributed by atoms with Gasteiger partial charge < -0.3 is 15.2 Å². The largest absolute Gasteiger partial charge is 0.356 e. The minimum absolute atomic E-state index is 0.177. The van der Waals surface area contributed by atoms with Gasteiger partial charge in [-0.2, -0.15) is 0 Å². The van der Waals surface area contributed by atoms with E-state index in [1.165, 1.54) is 11.6 Å². The van der Waals surface area contributed by atoms with Crippen LogP contribution in [0.4, 0.5) is 4.39 Å². The second-order valence-electron chi connectivity index (χ2n) is 6.59. The molecule has 2 N–H and O–H groups in total. The molecule has 0 unspecified atom stereocenters. The number of benzene rings is 2. The van der Waals surface area contributed by atoms with Gasteiger partial charge in [-0.1, -0.05) is 24.3 Å². The van der Waals surface area contributed by atoms with Crippen molar-refractivity contribution in [2.75, 3.05) is 13.6 Å². The van der Waals surface area contributed by atoms with E-state index in [-0.39, 0.29) is 5.82 Å². The van der Waals surface area contributed by atoms with E-state index in [0.717, 1.165) is 42.4 Å². The molecule has 5 nitrogen and oxygen atoms in total. The smallest absolute Gasteiger partial charge is 0.191 e. The van der Waals surface area contributed by atoms with Crippen molar-refractivity contribution in [3.8, 4) is 0 Å². The predicted molar refractivity (Wildman–Crippen MR) is 108 cm³/mol. The van der Waals surface area contributed by atoms with Crippen LogP contribution in [-0.2, 0) is 13.1 Å². The number of imidazole rings is 1. The normalized spacial score (nSPS) is 11.8. The number of nitrogens with one attached hydrogen (secondary N) is 2. The molecule has 0 aliphatic rings. The average molecular weight is 367 g/mol. The van der Waals surface area contributed by atoms with Crippen LogP contribution in [-0.4, -0.2) is 29.1 Å². The van der Waals surface area contributed by atoms with Crippen molar-refractivity contribution in [3.63, 3.8) is 0 Å². The lowest BCUT2D eigenvalue weighted by Gasteiger charge is -2.13. The molecule has 1 aromatic heterocycles. The number of para-hydroxylation sites is 2. The summed E-state index contributed by atoms with van der Waals surface area (Å²) in [4.78, 5) is 8.85. The summed E-state index contributed by atoms with van der Waals surface area (Å²) in [6.07, 6.45) is 0.956. The summed E-state index contributed by atoms with van der Waals surface area (Å²) >= 11 is 0. The van der Waals surface area contributed by atoms with Gasteiger partial charge in [0.2, 0.25) is 0 Å². The summed E-state index contributed by atoms with van der Waals surface area (Å²) in [7, 11) is 1.75. The van der Waals surface area contributed by atoms with Crippen molar-refractivity contribution in [1.82, 2.24) is 20.2 Å². The SMILES string of the molecule is CN=C(NCCCn1c(C)nc2ccccc21)NCc1ccc(F)c(C)c1. The Kier molecular flexibility index (Phi) is 6.06. The van der Waals surface area contributed by atoms with Crippen molar-refractivity contribution in [2.24, 2.45) is 4.99 Å². The quantitative estimate of drug-likeness (QED) is 0.398. The van der Waals surface area contributed by atoms with Crippen molar-refractivity contribution in [1.29, 1.82) is 0 Å². The maximum Gasteiger partial charge on any atom is 0.191 e. The first-order valence-corrected chi connectivity index (χ1v) is 9.20. The summed E-state index contributed by atoms with van der Waals surface area (Å²) in [6, 6.07) is 13.3. The Bertz CT molecular complexity index is 945. The van der Waals surface area contributed by atoms with E-state index in [1.54, 1.807) is 20.0 Å². The highest BCUT2D eigenvalue weighted by atomic mass is 19.1. The number of aryl methyl sites for hydroxylation is 3. The van der Waals surface area contributed by atoms with Crippen LogP contribution in [0, 0.1) is 19.7 Å². The molecule has 0 bridgehead atoms. The van der Waals surface area contributed by atoms with E-state index in [1.807, 2.05) is 31.2 Å². The van der Waals surface area contributed by atoms with Crippen LogP contribution in [0.2, 0.25) is 0 Å². The molecule has 0 spiro atoms. The summed E-state index contributed by atoms with van der Waals surface area (Å²) in [5, 5.41) is 6.59. The highest BCUT2D eigenvalue weighted by Gasteiger charge is 2.06. The minimum atomic E-state index is -0.177. The number of guanidine groups is 1. The number of hydrogen-bond donors (Lipinski definition) is 2. The molecule has 0 aliphatic carbocycles. The van der Waals surface area contributed by atoms with Crippen LogP contribution in [0.15, 0.2) is 47.5 Å². The van der Waals surface area contributed by atoms with Gasteiger partial charge in [-0.3, -0.25) is 4.99 Å². The predicted octanol–water partition coefficient (Wildman–Crippen LogP) is 3.55. The first-order chi connectivity index (χ1) is 13.1. The number of hydrogen-bond acceptors (Lipinski definition) is 2. The molecular weight excluding hydrogens is 341 g/mol. The van der Waals surface area contributed by atoms with Crippen LogP contribution < -0.4 is 10.6 Å². The lowest BCUT2D eigenvalue weighted by atomic mass is 10.1. The van der Waals surface area contributed by atoms with Crippen molar-refractivity contribution >= 4 is 17.0 Å². The lowest BCUT2D eigenvalue weighted by Crippen LogP contribution is -2.37. The fourth-order valence-corrected chi connectivity index (χ4v) is 3.15. The van der Waals surface area contributed by atoms with Crippen molar-refractivity contribution in [2.45, 2.75) is 33.4 Å². The van der Waals surface area contributed by atoms with Gasteiger partial charge in [-0.25, -0.2) is 9.37 Å². The van der Waals surface area contributed by atoms with Crippen LogP contribution in [0.1, 0.15) is 23.4 Å². The van der Waals surface area contributed by atoms with E-state index >= 15 is 0 Å². The van der Waals surface area contributed by atoms with Crippen LogP contribution >= 0.6 is 0 Å². The van der Waals surface area contributed by atoms with Crippen molar-refractivity contribution in [3.05, 3.63) is 65.2 Å². The van der Waals surface area contributed by atoms with E-state index in [0.29, 0.717) is 12.1 Å². The zero-order valence-electron chi connectivity index (χ0n) is 16.1. The van der Waals surface area contributed by atoms with Crippen LogP contribution in [0.5, 0.6) is 0 Å². The standard InChI is InChI=1S/C21H26FN5/c1-15-13-17(9-10-18(15)22)14-25-21(23-3)24-11-6-12-27-16(2)26-19-7-4-5-8-20(19)27/h4-5,7-10,13H,6,11-12,14H2,1-3H3,(H2,23,24,25). The first kappa shape index (κ1) is 18.9. The molecule has 0 fully saturated rings. The molecule has 6 heteroatoms. The van der Waals surface area contributed by atoms with Gasteiger partial charge in [0.1, 0.15) is 11.6 Å². The third-order valence-electron chi connectivity index (χ3n) is 4.60. The summed E-state index contributed by atoms with van der Waals surface area (Å²) in [6.45, 7) is 6.11. The molecule has 0 radical (unpaired) electrons. The molecule has 1 heterocycles. The number of aliphatic imine (C=N–C) groups is 1. The maximum absolute atomic E-state index is 13.3. The Morgan fingerprint density at radius 3 is 2.74 bits per heavy atom. The Morgan fingerprint density at radius 2 is 1.96 bits per heavy atom. The number of nitrogens with zero attached hydrogens (tertiary/aromatic N) is 3. The zero-order valence-corrected chi connectivity index (χ0v) is 16.1. The van der Waals surface area contributed by atoms with E-state index in [9.17, 15) is 4.39 Å². The fourth-order valence-electron chi connectivity index (χ4n) is 3.15. The Labute approximate surface area is 159 Å². The highest BCUT2D eigenvalue weighted by molar-refractivity contribution is 5.79. The van der Waals surface area contributed by atoms with Gasteiger partial charge in [0.15, 0.2) is 5.96 Å². The Morgan fingerprint density at radius 1 is 1.15 bits per heavy atom. The second-order valence-corrected chi connectivity index (χ2v) is 6.59. The molecule has 142 valence electrons. The zero-order chi connectivity index (χ0) is 19.2. The number of aromatic nitrogens is 2. The topological polar surface area (TPSA) is 54.2 Å². The monoisotopic (exact) mass is 367 g/mol. The second kappa shape index (κ2) is 8.66. The molecule has 0 saturated heterocycles. The third kappa shape index (κ3) is 4.64. The number of fused-ring (bicyclic) bond motifs is 1. The summed E-state index contributed by atoms with van der Waals surface area (Å²) in [5.41, 5.74) is 3.89. The van der Waals surface area contributed by atoms with Crippen LogP contribution in [0.3, 0.4) is 0 Å². The molecule has 3 rings (SSSR count). The highest BCUT2D eigenvalue weighted by Crippen LogP contribution is 2.15. The first-order valence-electron chi connectivity index (χ1n) is 9.20. The van der Waals surface area contributed by atoms with E-state index < -0.39 is 0 Å². The molecule has 2 aromatic carbocycles. The number of rotatable bonds is 6. The Hall–Kier alpha value is -2.89. The average Bonchev–Trinajstić information content (AvgIpc) is 2.99. The van der Waals surface area contributed by atoms with E-state index in [2.05, 4.69) is 31.2 Å². The van der Waals surface area contributed by atoms with Crippen LogP contribution in [0.25, 0.3) is 11.0 Å². The van der Waals surface area contributed by atoms with Gasteiger partial charge >= 0.3 is 0 Å². The van der Waals surface area contributed by atoms with Gasteiger partial charge in [0.05, 0.1) is 11.0 Å². The van der Waals surface area contributed by atoms with E-state index in [4.69, 9.17) is 0 Å². The molecule has 3 aromatic rings. The third-order valence-corrected chi connectivity index (χ3v) is 4.60. The molecule has 0 atom stereocenters. The molecule has 0 saturated carbocycles. The Balaban J connectivity index is 1.48. The fraction of sp³-hybridized carbons (Fsp3) is 0.333. The lowest BCUT2D eigenvalue weighted by molar-refractivity contribution is 0.616. The molecule has 0 aliphatic heterocycles. The van der Waals surface area contributed by atoms with Gasteiger partial charge in [0, 0.05) is 26.7 Å². The molecule has 27 heavy (non-hydrogen) atoms. The van der Waals surface area contributed by atoms with Crippen molar-refractivity contribution < 1.29 is 4.39 Å².